The summed E-state index contributed by atoms with van der Waals surface area (Å²) in [6.07, 6.45) is 15.4. The van der Waals surface area contributed by atoms with Crippen LogP contribution in [0.4, 0.5) is 9.18 Å². The number of carbonyl (C=O) groups is 1. The highest BCUT2D eigenvalue weighted by Gasteiger charge is 2.60. The van der Waals surface area contributed by atoms with E-state index in [0.29, 0.717) is 21.8 Å². The molecule has 4 saturated carbocycles. The smallest absolute Gasteiger partial charge is 0.334 e. The zero-order valence-electron chi connectivity index (χ0n) is 23.6. The Kier molecular flexibility index (Phi) is 8.71. The lowest BCUT2D eigenvalue weighted by atomic mass is 9.44. The molecule has 0 aliphatic heterocycles. The van der Waals surface area contributed by atoms with Crippen molar-refractivity contribution >= 4 is 6.03 Å². The van der Waals surface area contributed by atoms with E-state index in [9.17, 15) is 14.1 Å². The summed E-state index contributed by atoms with van der Waals surface area (Å²) >= 11 is 0. The predicted octanol–water partition coefficient (Wildman–Crippen LogP) is 8.14. The number of alkyl halides is 1. The van der Waals surface area contributed by atoms with Gasteiger partial charge in [0.25, 0.3) is 0 Å². The Morgan fingerprint density at radius 3 is 2.42 bits per heavy atom. The molecule has 0 saturated heterocycles. The number of halogens is 1. The molecule has 0 radical (unpaired) electrons. The van der Waals surface area contributed by atoms with Crippen LogP contribution in [-0.4, -0.2) is 30.3 Å². The van der Waals surface area contributed by atoms with Crippen LogP contribution in [-0.2, 0) is 0 Å². The highest BCUT2D eigenvalue weighted by Crippen LogP contribution is 2.68. The summed E-state index contributed by atoms with van der Waals surface area (Å²) in [5.74, 6) is 5.73. The summed E-state index contributed by atoms with van der Waals surface area (Å²) in [7, 11) is 0. The van der Waals surface area contributed by atoms with Crippen molar-refractivity contribution in [1.29, 1.82) is 0 Å². The standard InChI is InChI=1S/C30H52FN3O2/c1-20(2)7-6-8-21(3)25-11-12-26-24-10-9-22-19-23(32-28(35)34(33-36)18-17-31)13-15-29(22,4)27(24)14-16-30(25,26)5/h20-27H,6-19H2,1-5H3,(H,32,35)/t21-,22+,23-,24+,25-,26+,27+,29+,30-/m1/s1. The molecule has 9 atom stereocenters. The molecule has 0 aromatic carbocycles. The molecule has 206 valence electrons. The molecule has 0 aromatic rings. The zero-order valence-corrected chi connectivity index (χ0v) is 23.6. The lowest BCUT2D eigenvalue weighted by Crippen LogP contribution is -2.56. The number of nitroso groups, excluding NO2 is 1. The third-order valence-corrected chi connectivity index (χ3v) is 11.8. The molecule has 36 heavy (non-hydrogen) atoms. The van der Waals surface area contributed by atoms with E-state index in [4.69, 9.17) is 0 Å². The SMILES string of the molecule is CC(C)CCC[C@@H](C)[C@H]1CC[C@H]2[C@@H]3CC[C@H]4C[C@H](NC(=O)N(CCF)N=O)CC[C@]4(C)[C@H]3CC[C@]12C. The van der Waals surface area contributed by atoms with Crippen LogP contribution in [0.25, 0.3) is 0 Å². The molecule has 4 rings (SSSR count). The van der Waals surface area contributed by atoms with Gasteiger partial charge in [0.05, 0.1) is 11.8 Å². The number of urea groups is 1. The Morgan fingerprint density at radius 1 is 1.00 bits per heavy atom. The first-order chi connectivity index (χ1) is 17.1. The van der Waals surface area contributed by atoms with Gasteiger partial charge in [0.2, 0.25) is 0 Å². The van der Waals surface area contributed by atoms with Crippen molar-refractivity contribution in [3.8, 4) is 0 Å². The molecule has 5 nitrogen and oxygen atoms in total. The van der Waals surface area contributed by atoms with Gasteiger partial charge in [-0.3, -0.25) is 0 Å². The molecule has 2 amide bonds. The minimum Gasteiger partial charge on any atom is -0.334 e. The van der Waals surface area contributed by atoms with Gasteiger partial charge in [-0.2, -0.15) is 5.01 Å². The molecule has 4 aliphatic carbocycles. The fraction of sp³-hybridized carbons (Fsp3) is 0.967. The largest absolute Gasteiger partial charge is 0.340 e. The number of hydrogen-bond acceptors (Lipinski definition) is 3. The van der Waals surface area contributed by atoms with Crippen LogP contribution in [0.3, 0.4) is 0 Å². The van der Waals surface area contributed by atoms with E-state index in [1.54, 1.807) is 0 Å². The summed E-state index contributed by atoms with van der Waals surface area (Å²) in [4.78, 5) is 23.3. The third kappa shape index (κ3) is 5.21. The molecule has 4 fully saturated rings. The van der Waals surface area contributed by atoms with Crippen LogP contribution in [0.2, 0.25) is 0 Å². The monoisotopic (exact) mass is 505 g/mol. The fourth-order valence-corrected chi connectivity index (χ4v) is 9.92. The maximum Gasteiger partial charge on any atom is 0.340 e. The molecule has 0 heterocycles. The summed E-state index contributed by atoms with van der Waals surface area (Å²) in [5, 5.41) is 6.38. The van der Waals surface area contributed by atoms with E-state index in [-0.39, 0.29) is 12.6 Å². The second-order valence-electron chi connectivity index (χ2n) is 14.0. The predicted molar refractivity (Wildman–Crippen MR) is 144 cm³/mol. The van der Waals surface area contributed by atoms with Gasteiger partial charge in [-0.05, 0) is 110 Å². The van der Waals surface area contributed by atoms with Gasteiger partial charge in [0.1, 0.15) is 6.67 Å². The molecule has 0 unspecified atom stereocenters. The molecule has 0 spiro atoms. The fourth-order valence-electron chi connectivity index (χ4n) is 9.92. The Hall–Kier alpha value is -1.20. The summed E-state index contributed by atoms with van der Waals surface area (Å²) in [5.41, 5.74) is 0.877. The van der Waals surface area contributed by atoms with Gasteiger partial charge in [0.15, 0.2) is 0 Å². The van der Waals surface area contributed by atoms with Crippen molar-refractivity contribution in [2.45, 2.75) is 118 Å². The summed E-state index contributed by atoms with van der Waals surface area (Å²) in [6.45, 7) is 11.4. The van der Waals surface area contributed by atoms with E-state index in [0.717, 1.165) is 54.8 Å². The first kappa shape index (κ1) is 27.8. The van der Waals surface area contributed by atoms with Gasteiger partial charge in [-0.25, -0.2) is 9.18 Å². The molecule has 1 N–H and O–H groups in total. The van der Waals surface area contributed by atoms with Crippen LogP contribution in [0.5, 0.6) is 0 Å². The van der Waals surface area contributed by atoms with Gasteiger partial charge in [0, 0.05) is 6.04 Å². The van der Waals surface area contributed by atoms with Gasteiger partial charge >= 0.3 is 6.03 Å². The lowest BCUT2D eigenvalue weighted by Gasteiger charge is -2.61. The number of amides is 2. The molecular weight excluding hydrogens is 453 g/mol. The highest BCUT2D eigenvalue weighted by atomic mass is 19.1. The van der Waals surface area contributed by atoms with E-state index in [2.05, 4.69) is 45.2 Å². The highest BCUT2D eigenvalue weighted by molar-refractivity contribution is 5.74. The molecular formula is C30H52FN3O2. The number of rotatable bonds is 9. The van der Waals surface area contributed by atoms with E-state index in [1.807, 2.05) is 0 Å². The molecule has 4 aliphatic rings. The van der Waals surface area contributed by atoms with E-state index >= 15 is 0 Å². The minimum atomic E-state index is -0.759. The topological polar surface area (TPSA) is 61.8 Å². The van der Waals surface area contributed by atoms with Crippen molar-refractivity contribution < 1.29 is 9.18 Å². The van der Waals surface area contributed by atoms with Crippen LogP contribution in [0.1, 0.15) is 112 Å². The van der Waals surface area contributed by atoms with Crippen LogP contribution < -0.4 is 5.32 Å². The quantitative estimate of drug-likeness (QED) is 0.254. The van der Waals surface area contributed by atoms with Gasteiger partial charge in [-0.15, -0.1) is 4.91 Å². The number of nitrogens with one attached hydrogen (secondary N) is 1. The van der Waals surface area contributed by atoms with Crippen LogP contribution in [0.15, 0.2) is 5.29 Å². The molecule has 0 bridgehead atoms. The van der Waals surface area contributed by atoms with Crippen molar-refractivity contribution in [3.63, 3.8) is 0 Å². The summed E-state index contributed by atoms with van der Waals surface area (Å²) < 4.78 is 12.6. The summed E-state index contributed by atoms with van der Waals surface area (Å²) in [6, 6.07) is -0.481. The van der Waals surface area contributed by atoms with Crippen molar-refractivity contribution in [3.05, 3.63) is 4.91 Å². The average Bonchev–Trinajstić information content (AvgIpc) is 3.19. The van der Waals surface area contributed by atoms with Gasteiger partial charge < -0.3 is 5.32 Å². The van der Waals surface area contributed by atoms with E-state index in [1.165, 1.54) is 57.8 Å². The number of carbonyl (C=O) groups excluding carboxylic acids is 1. The zero-order chi connectivity index (χ0) is 26.1. The molecule has 6 heteroatoms. The Labute approximate surface area is 219 Å². The Balaban J connectivity index is 1.38. The lowest BCUT2D eigenvalue weighted by molar-refractivity contribution is -0.117. The first-order valence-electron chi connectivity index (χ1n) is 15.1. The number of hydrogen-bond donors (Lipinski definition) is 1. The van der Waals surface area contributed by atoms with Crippen molar-refractivity contribution in [2.24, 2.45) is 57.5 Å². The van der Waals surface area contributed by atoms with E-state index < -0.39 is 12.7 Å². The number of nitrogens with zero attached hydrogens (tertiary/aromatic N) is 2. The van der Waals surface area contributed by atoms with Crippen LogP contribution >= 0.6 is 0 Å². The Bertz CT molecular complexity index is 777. The van der Waals surface area contributed by atoms with Crippen molar-refractivity contribution in [2.75, 3.05) is 13.2 Å². The normalized spacial score (nSPS) is 40.6. The second kappa shape index (κ2) is 11.3. The Morgan fingerprint density at radius 2 is 1.72 bits per heavy atom. The van der Waals surface area contributed by atoms with Crippen LogP contribution in [0, 0.1) is 57.2 Å². The van der Waals surface area contributed by atoms with Crippen molar-refractivity contribution in [1.82, 2.24) is 10.3 Å². The maximum atomic E-state index is 12.6. The first-order valence-corrected chi connectivity index (χ1v) is 15.1. The minimum absolute atomic E-state index is 0.0624. The number of fused-ring (bicyclic) bond motifs is 5. The third-order valence-electron chi connectivity index (χ3n) is 11.8. The maximum absolute atomic E-state index is 12.6. The van der Waals surface area contributed by atoms with Gasteiger partial charge in [-0.1, -0.05) is 53.9 Å². The molecule has 0 aromatic heterocycles. The second-order valence-corrected chi connectivity index (χ2v) is 14.0. The average molecular weight is 506 g/mol.